The molecule has 0 aliphatic heterocycles. The van der Waals surface area contributed by atoms with Crippen LogP contribution < -0.4 is 5.32 Å². The molecule has 124 valence electrons. The lowest BCUT2D eigenvalue weighted by Gasteiger charge is -2.08. The van der Waals surface area contributed by atoms with Gasteiger partial charge in [-0.25, -0.2) is 0 Å². The van der Waals surface area contributed by atoms with Gasteiger partial charge in [-0.1, -0.05) is 30.0 Å². The van der Waals surface area contributed by atoms with Crippen LogP contribution in [-0.2, 0) is 4.79 Å². The lowest BCUT2D eigenvalue weighted by atomic mass is 10.3. The summed E-state index contributed by atoms with van der Waals surface area (Å²) in [7, 11) is 0. The molecule has 0 bridgehead atoms. The number of hydrogen-bond donors (Lipinski definition) is 1. The number of anilines is 1. The lowest BCUT2D eigenvalue weighted by Crippen LogP contribution is -2.12. The minimum absolute atomic E-state index is 0.0259. The molecule has 3 aromatic rings. The van der Waals surface area contributed by atoms with Gasteiger partial charge in [0.1, 0.15) is 0 Å². The summed E-state index contributed by atoms with van der Waals surface area (Å²) in [5.41, 5.74) is 0.845. The Morgan fingerprint density at radius 1 is 1.25 bits per heavy atom. The maximum Gasteiger partial charge on any atom is 0.276 e. The minimum atomic E-state index is -0.0259. The van der Waals surface area contributed by atoms with E-state index in [-0.39, 0.29) is 5.91 Å². The number of thiophene rings is 1. The first-order valence-electron chi connectivity index (χ1n) is 7.19. The number of carbonyl (C=O) groups excluding carboxylic acids is 1. The van der Waals surface area contributed by atoms with Crippen molar-refractivity contribution in [3.05, 3.63) is 41.8 Å². The van der Waals surface area contributed by atoms with Crippen LogP contribution in [0.1, 0.15) is 6.42 Å². The van der Waals surface area contributed by atoms with Crippen molar-refractivity contribution in [2.24, 2.45) is 0 Å². The highest BCUT2D eigenvalue weighted by molar-refractivity contribution is 7.99. The lowest BCUT2D eigenvalue weighted by molar-refractivity contribution is -0.115. The largest absolute Gasteiger partial charge is 0.410 e. The van der Waals surface area contributed by atoms with Crippen molar-refractivity contribution >= 4 is 46.5 Å². The third-order valence-electron chi connectivity index (χ3n) is 3.07. The Bertz CT molecular complexity index is 803. The fraction of sp³-hybridized carbons (Fsp3) is 0.188. The monoisotopic (exact) mass is 377 g/mol. The van der Waals surface area contributed by atoms with Gasteiger partial charge in [-0.3, -0.25) is 4.79 Å². The van der Waals surface area contributed by atoms with Crippen molar-refractivity contribution < 1.29 is 9.21 Å². The van der Waals surface area contributed by atoms with Crippen LogP contribution in [-0.4, -0.2) is 28.1 Å². The number of amides is 1. The van der Waals surface area contributed by atoms with E-state index >= 15 is 0 Å². The zero-order chi connectivity index (χ0) is 16.8. The highest BCUT2D eigenvalue weighted by atomic mass is 32.2. The summed E-state index contributed by atoms with van der Waals surface area (Å²) in [4.78, 5) is 14.1. The number of benzene rings is 1. The summed E-state index contributed by atoms with van der Waals surface area (Å²) >= 11 is 4.54. The molecule has 0 radical (unpaired) electrons. The van der Waals surface area contributed by atoms with Crippen molar-refractivity contribution in [1.29, 1.82) is 0 Å². The molecule has 0 spiro atoms. The summed E-state index contributed by atoms with van der Waals surface area (Å²) in [6, 6.07) is 11.6. The van der Waals surface area contributed by atoms with Crippen LogP contribution in [0.4, 0.5) is 5.69 Å². The summed E-state index contributed by atoms with van der Waals surface area (Å²) in [6.45, 7) is 0. The van der Waals surface area contributed by atoms with E-state index in [0.717, 1.165) is 15.5 Å². The van der Waals surface area contributed by atoms with Crippen molar-refractivity contribution in [2.45, 2.75) is 16.5 Å². The van der Waals surface area contributed by atoms with Crippen LogP contribution in [0.5, 0.6) is 0 Å². The Kier molecular flexibility index (Phi) is 5.95. The first kappa shape index (κ1) is 17.1. The highest BCUT2D eigenvalue weighted by Crippen LogP contribution is 2.27. The summed E-state index contributed by atoms with van der Waals surface area (Å²) in [5.74, 6) is 1.08. The third-order valence-corrected chi connectivity index (χ3v) is 5.55. The van der Waals surface area contributed by atoms with Gasteiger partial charge in [-0.2, -0.15) is 0 Å². The Morgan fingerprint density at radius 2 is 2.12 bits per heavy atom. The molecule has 1 aromatic carbocycles. The van der Waals surface area contributed by atoms with Gasteiger partial charge in [0.05, 0.1) is 10.6 Å². The Balaban J connectivity index is 1.49. The van der Waals surface area contributed by atoms with Gasteiger partial charge < -0.3 is 9.73 Å². The van der Waals surface area contributed by atoms with E-state index in [1.54, 1.807) is 23.1 Å². The van der Waals surface area contributed by atoms with Gasteiger partial charge in [0, 0.05) is 17.1 Å². The molecular formula is C16H15N3O2S3. The molecule has 2 heterocycles. The second-order valence-corrected chi connectivity index (χ2v) is 7.54. The fourth-order valence-corrected chi connectivity index (χ4v) is 3.86. The molecule has 0 saturated heterocycles. The van der Waals surface area contributed by atoms with Crippen LogP contribution in [0.25, 0.3) is 10.8 Å². The second-order valence-electron chi connectivity index (χ2n) is 4.70. The van der Waals surface area contributed by atoms with E-state index in [1.807, 2.05) is 48.0 Å². The molecule has 2 aromatic heterocycles. The Labute approximate surface area is 152 Å². The molecule has 0 aliphatic rings. The van der Waals surface area contributed by atoms with Crippen molar-refractivity contribution in [1.82, 2.24) is 10.2 Å². The number of para-hydroxylation sites is 1. The van der Waals surface area contributed by atoms with Gasteiger partial charge in [0.25, 0.3) is 11.1 Å². The number of aromatic nitrogens is 2. The number of nitrogens with zero attached hydrogens (tertiary/aromatic N) is 2. The van der Waals surface area contributed by atoms with Gasteiger partial charge >= 0.3 is 0 Å². The molecule has 8 heteroatoms. The van der Waals surface area contributed by atoms with Crippen molar-refractivity contribution in [2.75, 3.05) is 17.3 Å². The quantitative estimate of drug-likeness (QED) is 0.605. The normalized spacial score (nSPS) is 10.7. The van der Waals surface area contributed by atoms with E-state index in [9.17, 15) is 4.79 Å². The van der Waals surface area contributed by atoms with Crippen LogP contribution >= 0.6 is 34.9 Å². The number of thioether (sulfide) groups is 2. The fourth-order valence-electron chi connectivity index (χ4n) is 1.96. The Hall–Kier alpha value is -1.77. The second kappa shape index (κ2) is 8.36. The van der Waals surface area contributed by atoms with E-state index in [2.05, 4.69) is 15.5 Å². The average Bonchev–Trinajstić information content (AvgIpc) is 3.26. The predicted molar refractivity (Wildman–Crippen MR) is 99.8 cm³/mol. The predicted octanol–water partition coefficient (Wildman–Crippen LogP) is 4.64. The smallest absolute Gasteiger partial charge is 0.276 e. The first-order valence-corrected chi connectivity index (χ1v) is 10.3. The molecule has 24 heavy (non-hydrogen) atoms. The van der Waals surface area contributed by atoms with E-state index in [0.29, 0.717) is 23.3 Å². The van der Waals surface area contributed by atoms with Gasteiger partial charge in [-0.15, -0.1) is 33.3 Å². The molecule has 0 saturated carbocycles. The van der Waals surface area contributed by atoms with E-state index in [1.165, 1.54) is 11.8 Å². The molecule has 3 rings (SSSR count). The maximum absolute atomic E-state index is 12.1. The Morgan fingerprint density at radius 3 is 2.92 bits per heavy atom. The van der Waals surface area contributed by atoms with E-state index < -0.39 is 0 Å². The number of carbonyl (C=O) groups is 1. The topological polar surface area (TPSA) is 68.0 Å². The summed E-state index contributed by atoms with van der Waals surface area (Å²) in [5, 5.41) is 13.4. The summed E-state index contributed by atoms with van der Waals surface area (Å²) < 4.78 is 5.58. The molecule has 0 aliphatic carbocycles. The zero-order valence-electron chi connectivity index (χ0n) is 12.9. The average molecular weight is 378 g/mol. The maximum atomic E-state index is 12.1. The van der Waals surface area contributed by atoms with Crippen molar-refractivity contribution in [3.63, 3.8) is 0 Å². The van der Waals surface area contributed by atoms with Crippen molar-refractivity contribution in [3.8, 4) is 10.8 Å². The van der Waals surface area contributed by atoms with E-state index in [4.69, 9.17) is 4.42 Å². The van der Waals surface area contributed by atoms with Crippen LogP contribution in [0.15, 0.2) is 56.3 Å². The highest BCUT2D eigenvalue weighted by Gasteiger charge is 2.11. The number of rotatable bonds is 7. The number of hydrogen-bond acceptors (Lipinski definition) is 7. The molecular weight excluding hydrogens is 362 g/mol. The molecule has 0 atom stereocenters. The van der Waals surface area contributed by atoms with Gasteiger partial charge in [0.2, 0.25) is 5.91 Å². The molecule has 5 nitrogen and oxygen atoms in total. The van der Waals surface area contributed by atoms with Crippen LogP contribution in [0.3, 0.4) is 0 Å². The molecule has 0 unspecified atom stereocenters. The summed E-state index contributed by atoms with van der Waals surface area (Å²) in [6.07, 6.45) is 2.37. The first-order chi connectivity index (χ1) is 11.8. The third kappa shape index (κ3) is 4.40. The zero-order valence-corrected chi connectivity index (χ0v) is 15.3. The molecule has 1 amide bonds. The number of nitrogens with one attached hydrogen (secondary N) is 1. The standard InChI is InChI=1S/C16H15N3O2S3/c1-22-12-6-3-2-5-11(12)17-14(20)8-10-24-16-19-18-15(21-16)13-7-4-9-23-13/h2-7,9H,8,10H2,1H3,(H,17,20). The SMILES string of the molecule is CSc1ccccc1NC(=O)CCSc1nnc(-c2cccs2)o1. The van der Waals surface area contributed by atoms with Gasteiger partial charge in [0.15, 0.2) is 0 Å². The van der Waals surface area contributed by atoms with Crippen LogP contribution in [0.2, 0.25) is 0 Å². The van der Waals surface area contributed by atoms with Gasteiger partial charge in [-0.05, 0) is 29.8 Å². The molecule has 1 N–H and O–H groups in total. The minimum Gasteiger partial charge on any atom is -0.410 e. The molecule has 0 fully saturated rings. The van der Waals surface area contributed by atoms with Crippen LogP contribution in [0, 0.1) is 0 Å².